The minimum absolute atomic E-state index is 0.00639. The molecule has 1 aromatic heterocycles. The highest BCUT2D eigenvalue weighted by atomic mass is 16.5. The smallest absolute Gasteiger partial charge is 0.255 e. The summed E-state index contributed by atoms with van der Waals surface area (Å²) in [5, 5.41) is 3.00. The maximum atomic E-state index is 12.5. The first-order valence-electron chi connectivity index (χ1n) is 9.04. The van der Waals surface area contributed by atoms with Crippen LogP contribution >= 0.6 is 0 Å². The van der Waals surface area contributed by atoms with E-state index in [4.69, 9.17) is 4.74 Å². The predicted octanol–water partition coefficient (Wildman–Crippen LogP) is 0.660. The summed E-state index contributed by atoms with van der Waals surface area (Å²) < 4.78 is 5.29. The first-order chi connectivity index (χ1) is 12.2. The molecule has 3 aliphatic rings. The Hall–Kier alpha value is -2.15. The summed E-state index contributed by atoms with van der Waals surface area (Å²) in [5.41, 5.74) is 0.345. The highest BCUT2D eigenvalue weighted by Gasteiger charge is 2.45. The van der Waals surface area contributed by atoms with Crippen molar-refractivity contribution in [1.29, 1.82) is 0 Å². The van der Waals surface area contributed by atoms with Crippen LogP contribution in [0.2, 0.25) is 0 Å². The minimum atomic E-state index is -0.262. The third-order valence-corrected chi connectivity index (χ3v) is 5.57. The zero-order valence-corrected chi connectivity index (χ0v) is 14.4. The number of carbonyl (C=O) groups excluding carboxylic acids is 2. The van der Waals surface area contributed by atoms with Crippen LogP contribution in [0.3, 0.4) is 0 Å². The summed E-state index contributed by atoms with van der Waals surface area (Å²) in [7, 11) is 0. The number of ether oxygens (including phenoxy) is 1. The lowest BCUT2D eigenvalue weighted by Gasteiger charge is -2.32. The molecule has 0 aromatic carbocycles. The Balaban J connectivity index is 1.44. The molecule has 7 heteroatoms. The minimum Gasteiger partial charge on any atom is -0.378 e. The first-order valence-corrected chi connectivity index (χ1v) is 9.04. The van der Waals surface area contributed by atoms with E-state index in [1.54, 1.807) is 11.1 Å². The summed E-state index contributed by atoms with van der Waals surface area (Å²) >= 11 is 0. The molecule has 4 heterocycles. The molecule has 0 unspecified atom stereocenters. The van der Waals surface area contributed by atoms with Crippen molar-refractivity contribution in [3.63, 3.8) is 0 Å². The Labute approximate surface area is 147 Å². The molecule has 7 nitrogen and oxygen atoms in total. The van der Waals surface area contributed by atoms with E-state index in [0.717, 1.165) is 38.2 Å². The van der Waals surface area contributed by atoms with E-state index < -0.39 is 0 Å². The molecule has 1 N–H and O–H groups in total. The third kappa shape index (κ3) is 3.08. The lowest BCUT2D eigenvalue weighted by Crippen LogP contribution is -2.47. The topological polar surface area (TPSA) is 74.8 Å². The number of morpholine rings is 1. The molecule has 134 valence electrons. The molecule has 3 fully saturated rings. The summed E-state index contributed by atoms with van der Waals surface area (Å²) in [4.78, 5) is 33.2. The van der Waals surface area contributed by atoms with Crippen molar-refractivity contribution in [3.8, 4) is 0 Å². The number of hydrogen-bond acceptors (Lipinski definition) is 5. The highest BCUT2D eigenvalue weighted by Crippen LogP contribution is 2.38. The second-order valence-electron chi connectivity index (χ2n) is 7.12. The second kappa shape index (κ2) is 6.63. The first kappa shape index (κ1) is 16.3. The molecule has 3 aliphatic heterocycles. The lowest BCUT2D eigenvalue weighted by molar-refractivity contribution is -0.132. The number of nitrogens with one attached hydrogen (secondary N) is 1. The van der Waals surface area contributed by atoms with Gasteiger partial charge in [0.05, 0.1) is 24.2 Å². The largest absolute Gasteiger partial charge is 0.378 e. The van der Waals surface area contributed by atoms with Crippen LogP contribution in [0.5, 0.6) is 0 Å². The summed E-state index contributed by atoms with van der Waals surface area (Å²) in [6.07, 6.45) is 4.51. The number of amides is 2. The van der Waals surface area contributed by atoms with Gasteiger partial charge < -0.3 is 19.9 Å². The Kier molecular flexibility index (Phi) is 4.33. The molecule has 1 atom stereocenters. The van der Waals surface area contributed by atoms with Gasteiger partial charge in [-0.2, -0.15) is 0 Å². The lowest BCUT2D eigenvalue weighted by atomic mass is 9.79. The number of piperidine rings is 1. The fourth-order valence-electron chi connectivity index (χ4n) is 4.04. The quantitative estimate of drug-likeness (QED) is 0.853. The molecule has 4 rings (SSSR count). The average molecular weight is 344 g/mol. The summed E-state index contributed by atoms with van der Waals surface area (Å²) in [6.45, 7) is 4.77. The number of rotatable bonds is 2. The van der Waals surface area contributed by atoms with E-state index in [1.807, 2.05) is 12.1 Å². The van der Waals surface area contributed by atoms with Gasteiger partial charge in [-0.25, -0.2) is 4.98 Å². The van der Waals surface area contributed by atoms with Crippen molar-refractivity contribution >= 4 is 17.6 Å². The molecular formula is C18H24N4O3. The van der Waals surface area contributed by atoms with Gasteiger partial charge in [0.25, 0.3) is 5.91 Å². The summed E-state index contributed by atoms with van der Waals surface area (Å²) in [6, 6.07) is 3.74. The van der Waals surface area contributed by atoms with Crippen LogP contribution in [0.4, 0.5) is 5.82 Å². The van der Waals surface area contributed by atoms with Crippen molar-refractivity contribution < 1.29 is 14.3 Å². The zero-order valence-electron chi connectivity index (χ0n) is 14.4. The van der Waals surface area contributed by atoms with Gasteiger partial charge in [-0.3, -0.25) is 9.59 Å². The fraction of sp³-hybridized carbons (Fsp3) is 0.611. The molecule has 1 aromatic rings. The van der Waals surface area contributed by atoms with Crippen LogP contribution < -0.4 is 10.2 Å². The van der Waals surface area contributed by atoms with Gasteiger partial charge >= 0.3 is 0 Å². The van der Waals surface area contributed by atoms with Crippen molar-refractivity contribution in [2.24, 2.45) is 5.41 Å². The van der Waals surface area contributed by atoms with E-state index in [-0.39, 0.29) is 17.2 Å². The van der Waals surface area contributed by atoms with Gasteiger partial charge in [-0.15, -0.1) is 0 Å². The highest BCUT2D eigenvalue weighted by molar-refractivity contribution is 5.94. The Morgan fingerprint density at radius 1 is 1.20 bits per heavy atom. The number of nitrogens with zero attached hydrogens (tertiary/aromatic N) is 3. The van der Waals surface area contributed by atoms with Gasteiger partial charge in [0, 0.05) is 38.9 Å². The molecule has 0 saturated carbocycles. The number of hydrogen-bond donors (Lipinski definition) is 1. The van der Waals surface area contributed by atoms with Gasteiger partial charge in [-0.1, -0.05) is 0 Å². The molecule has 1 spiro atoms. The molecule has 0 radical (unpaired) electrons. The molecule has 0 bridgehead atoms. The number of pyridine rings is 1. The molecule has 25 heavy (non-hydrogen) atoms. The van der Waals surface area contributed by atoms with Crippen LogP contribution in [-0.2, 0) is 9.53 Å². The van der Waals surface area contributed by atoms with Crippen molar-refractivity contribution in [3.05, 3.63) is 23.9 Å². The Bertz CT molecular complexity index is 657. The number of aromatic nitrogens is 1. The number of anilines is 1. The second-order valence-corrected chi connectivity index (χ2v) is 7.12. The van der Waals surface area contributed by atoms with E-state index in [0.29, 0.717) is 38.4 Å². The standard InChI is InChI=1S/C18H24N4O3/c23-16(21-8-10-25-11-9-21)14-2-3-15(20-12-14)22-7-5-18(13-22)4-1-6-19-17(18)24/h2-3,12H,1,4-11,13H2,(H,19,24)/t18-/m1/s1. The molecule has 0 aliphatic carbocycles. The SMILES string of the molecule is O=C(c1ccc(N2CC[C@]3(CCCNC3=O)C2)nc1)N1CCOCC1. The zero-order chi connectivity index (χ0) is 17.3. The average Bonchev–Trinajstić information content (AvgIpc) is 3.10. The van der Waals surface area contributed by atoms with Crippen LogP contribution in [0.1, 0.15) is 29.6 Å². The molecular weight excluding hydrogens is 320 g/mol. The third-order valence-electron chi connectivity index (χ3n) is 5.57. The molecule has 3 saturated heterocycles. The van der Waals surface area contributed by atoms with Crippen LogP contribution in [0.15, 0.2) is 18.3 Å². The van der Waals surface area contributed by atoms with Gasteiger partial charge in [0.2, 0.25) is 5.91 Å². The number of carbonyl (C=O) groups is 2. The predicted molar refractivity (Wildman–Crippen MR) is 92.5 cm³/mol. The van der Waals surface area contributed by atoms with Crippen LogP contribution in [0.25, 0.3) is 0 Å². The van der Waals surface area contributed by atoms with Gasteiger partial charge in [-0.05, 0) is 31.4 Å². The Morgan fingerprint density at radius 3 is 2.76 bits per heavy atom. The summed E-state index contributed by atoms with van der Waals surface area (Å²) in [5.74, 6) is 1.03. The van der Waals surface area contributed by atoms with Gasteiger partial charge in [0.1, 0.15) is 5.82 Å². The van der Waals surface area contributed by atoms with Gasteiger partial charge in [0.15, 0.2) is 0 Å². The van der Waals surface area contributed by atoms with Crippen LogP contribution in [-0.4, -0.2) is 67.6 Å². The maximum Gasteiger partial charge on any atom is 0.255 e. The van der Waals surface area contributed by atoms with E-state index in [2.05, 4.69) is 15.2 Å². The van der Waals surface area contributed by atoms with E-state index >= 15 is 0 Å². The monoisotopic (exact) mass is 344 g/mol. The van der Waals surface area contributed by atoms with Crippen molar-refractivity contribution in [2.45, 2.75) is 19.3 Å². The Morgan fingerprint density at radius 2 is 2.04 bits per heavy atom. The maximum absolute atomic E-state index is 12.5. The van der Waals surface area contributed by atoms with E-state index in [1.165, 1.54) is 0 Å². The normalized spacial score (nSPS) is 26.8. The fourth-order valence-corrected chi connectivity index (χ4v) is 4.04. The van der Waals surface area contributed by atoms with Crippen molar-refractivity contribution in [1.82, 2.24) is 15.2 Å². The van der Waals surface area contributed by atoms with Crippen LogP contribution in [0, 0.1) is 5.41 Å². The van der Waals surface area contributed by atoms with E-state index in [9.17, 15) is 9.59 Å². The molecule has 2 amide bonds. The van der Waals surface area contributed by atoms with Crippen molar-refractivity contribution in [2.75, 3.05) is 50.8 Å².